The molecule has 0 aliphatic carbocycles. The molecule has 0 fully saturated rings. The highest BCUT2D eigenvalue weighted by Crippen LogP contribution is 2.38. The third-order valence-corrected chi connectivity index (χ3v) is 10.3. The molecule has 0 aliphatic rings. The van der Waals surface area contributed by atoms with E-state index in [2.05, 4.69) is 48.5 Å². The molecule has 0 amide bonds. The van der Waals surface area contributed by atoms with Crippen LogP contribution in [0.5, 0.6) is 0 Å². The number of hydrogen-bond acceptors (Lipinski definition) is 2. The molecular formula is C30H20ClF2PS2. The number of rotatable bonds is 7. The highest BCUT2D eigenvalue weighted by Gasteiger charge is 2.17. The lowest BCUT2D eigenvalue weighted by atomic mass is 10.3. The molecule has 0 aromatic heterocycles. The van der Waals surface area contributed by atoms with E-state index < -0.39 is 7.92 Å². The van der Waals surface area contributed by atoms with Crippen LogP contribution in [0.15, 0.2) is 141 Å². The van der Waals surface area contributed by atoms with Crippen LogP contribution in [-0.4, -0.2) is 0 Å². The zero-order valence-electron chi connectivity index (χ0n) is 18.9. The van der Waals surface area contributed by atoms with Gasteiger partial charge in [-0.2, -0.15) is 0 Å². The molecule has 5 aromatic carbocycles. The van der Waals surface area contributed by atoms with Gasteiger partial charge in [-0.05, 0) is 90.6 Å². The largest absolute Gasteiger partial charge is 0.207 e. The molecule has 0 saturated carbocycles. The Morgan fingerprint density at radius 2 is 0.972 bits per heavy atom. The van der Waals surface area contributed by atoms with E-state index in [1.165, 1.54) is 29.2 Å². The molecule has 5 rings (SSSR count). The third-order valence-electron chi connectivity index (χ3n) is 5.37. The normalized spacial score (nSPS) is 11.1. The van der Waals surface area contributed by atoms with Gasteiger partial charge in [0.15, 0.2) is 0 Å². The molecule has 0 saturated heterocycles. The SMILES string of the molecule is Fc1ccc(P(c2ccc(F)cc2)c2ccc(Sc3ccc(Sc4ccccc4)cc3Cl)cc2)cc1. The minimum atomic E-state index is -0.949. The van der Waals surface area contributed by atoms with Crippen LogP contribution in [0.2, 0.25) is 5.02 Å². The maximum absolute atomic E-state index is 13.6. The highest BCUT2D eigenvalue weighted by molar-refractivity contribution is 8.00. The second kappa shape index (κ2) is 11.6. The van der Waals surface area contributed by atoms with Crippen molar-refractivity contribution in [2.24, 2.45) is 0 Å². The molecule has 36 heavy (non-hydrogen) atoms. The van der Waals surface area contributed by atoms with Crippen LogP contribution in [-0.2, 0) is 0 Å². The van der Waals surface area contributed by atoms with E-state index in [0.29, 0.717) is 5.02 Å². The Bertz CT molecular complexity index is 1400. The van der Waals surface area contributed by atoms with E-state index in [0.717, 1.165) is 30.6 Å². The summed E-state index contributed by atoms with van der Waals surface area (Å²) < 4.78 is 27.2. The molecule has 5 aromatic rings. The van der Waals surface area contributed by atoms with Crippen molar-refractivity contribution in [2.45, 2.75) is 19.6 Å². The van der Waals surface area contributed by atoms with Crippen LogP contribution in [0.4, 0.5) is 8.78 Å². The van der Waals surface area contributed by atoms with Gasteiger partial charge in [-0.1, -0.05) is 89.7 Å². The van der Waals surface area contributed by atoms with Gasteiger partial charge in [0, 0.05) is 19.6 Å². The average Bonchev–Trinajstić information content (AvgIpc) is 2.90. The third kappa shape index (κ3) is 6.19. The predicted molar refractivity (Wildman–Crippen MR) is 151 cm³/mol. The Labute approximate surface area is 224 Å². The molecule has 0 bridgehead atoms. The summed E-state index contributed by atoms with van der Waals surface area (Å²) in [5.41, 5.74) is 0. The van der Waals surface area contributed by atoms with E-state index >= 15 is 0 Å². The number of hydrogen-bond donors (Lipinski definition) is 0. The van der Waals surface area contributed by atoms with Gasteiger partial charge in [0.25, 0.3) is 0 Å². The van der Waals surface area contributed by atoms with Gasteiger partial charge in [-0.15, -0.1) is 0 Å². The molecule has 0 radical (unpaired) electrons. The van der Waals surface area contributed by atoms with Crippen LogP contribution in [0.1, 0.15) is 0 Å². The summed E-state index contributed by atoms with van der Waals surface area (Å²) in [6, 6.07) is 37.8. The minimum absolute atomic E-state index is 0.274. The first kappa shape index (κ1) is 25.0. The van der Waals surface area contributed by atoms with Gasteiger partial charge in [0.1, 0.15) is 11.6 Å². The van der Waals surface area contributed by atoms with Gasteiger partial charge in [0.05, 0.1) is 5.02 Å². The monoisotopic (exact) mass is 548 g/mol. The van der Waals surface area contributed by atoms with Crippen LogP contribution in [0.25, 0.3) is 0 Å². The van der Waals surface area contributed by atoms with Crippen molar-refractivity contribution in [3.63, 3.8) is 0 Å². The molecule has 0 nitrogen and oxygen atoms in total. The Kier molecular flexibility index (Phi) is 8.09. The summed E-state index contributed by atoms with van der Waals surface area (Å²) in [5.74, 6) is -0.547. The lowest BCUT2D eigenvalue weighted by Crippen LogP contribution is -2.20. The molecular weight excluding hydrogens is 529 g/mol. The summed E-state index contributed by atoms with van der Waals surface area (Å²) in [5, 5.41) is 3.83. The molecule has 0 spiro atoms. The first-order valence-corrected chi connectivity index (χ1v) is 14.5. The highest BCUT2D eigenvalue weighted by atomic mass is 35.5. The topological polar surface area (TPSA) is 0 Å². The standard InChI is InChI=1S/C30H20ClF2PS2/c31-29-20-28(35-26-4-2-1-3-5-26)18-19-30(29)36-27-16-14-25(15-17-27)34(23-10-6-21(32)7-11-23)24-12-8-22(33)9-13-24/h1-20H. The second-order valence-corrected chi connectivity index (χ2v) is 12.8. The predicted octanol–water partition coefficient (Wildman–Crippen LogP) is 8.68. The van der Waals surface area contributed by atoms with Crippen molar-refractivity contribution in [2.75, 3.05) is 0 Å². The van der Waals surface area contributed by atoms with E-state index in [4.69, 9.17) is 11.6 Å². The Hall–Kier alpha value is -2.62. The van der Waals surface area contributed by atoms with Crippen molar-refractivity contribution in [3.05, 3.63) is 138 Å². The van der Waals surface area contributed by atoms with Crippen molar-refractivity contribution in [1.29, 1.82) is 0 Å². The zero-order valence-corrected chi connectivity index (χ0v) is 22.2. The summed E-state index contributed by atoms with van der Waals surface area (Å²) >= 11 is 9.91. The smallest absolute Gasteiger partial charge is 0.123 e. The van der Waals surface area contributed by atoms with Crippen LogP contribution < -0.4 is 15.9 Å². The maximum atomic E-state index is 13.6. The first-order chi connectivity index (χ1) is 17.5. The number of halogens is 3. The molecule has 0 N–H and O–H groups in total. The fraction of sp³-hybridized carbons (Fsp3) is 0. The van der Waals surface area contributed by atoms with Crippen LogP contribution >= 0.6 is 43.0 Å². The van der Waals surface area contributed by atoms with E-state index in [1.54, 1.807) is 23.5 Å². The van der Waals surface area contributed by atoms with E-state index in [-0.39, 0.29) is 11.6 Å². The summed E-state index contributed by atoms with van der Waals surface area (Å²) in [6.07, 6.45) is 0. The second-order valence-electron chi connectivity index (χ2n) is 7.89. The van der Waals surface area contributed by atoms with Gasteiger partial charge in [-0.3, -0.25) is 0 Å². The van der Waals surface area contributed by atoms with Gasteiger partial charge in [0.2, 0.25) is 0 Å². The van der Waals surface area contributed by atoms with Crippen molar-refractivity contribution in [1.82, 2.24) is 0 Å². The summed E-state index contributed by atoms with van der Waals surface area (Å²) in [7, 11) is -0.949. The fourth-order valence-electron chi connectivity index (χ4n) is 3.67. The quantitative estimate of drug-likeness (QED) is 0.187. The van der Waals surface area contributed by atoms with Gasteiger partial charge in [-0.25, -0.2) is 8.78 Å². The zero-order chi connectivity index (χ0) is 24.9. The Morgan fingerprint density at radius 3 is 1.50 bits per heavy atom. The fourth-order valence-corrected chi connectivity index (χ4v) is 7.96. The van der Waals surface area contributed by atoms with Gasteiger partial charge < -0.3 is 0 Å². The van der Waals surface area contributed by atoms with E-state index in [1.807, 2.05) is 48.5 Å². The van der Waals surface area contributed by atoms with Gasteiger partial charge >= 0.3 is 0 Å². The van der Waals surface area contributed by atoms with Crippen LogP contribution in [0, 0.1) is 11.6 Å². The molecule has 0 aliphatic heterocycles. The Morgan fingerprint density at radius 1 is 0.500 bits per heavy atom. The maximum Gasteiger partial charge on any atom is 0.123 e. The minimum Gasteiger partial charge on any atom is -0.207 e. The number of benzene rings is 5. The average molecular weight is 549 g/mol. The molecule has 0 unspecified atom stereocenters. The van der Waals surface area contributed by atoms with Crippen molar-refractivity contribution in [3.8, 4) is 0 Å². The summed E-state index contributed by atoms with van der Waals surface area (Å²) in [4.78, 5) is 4.32. The summed E-state index contributed by atoms with van der Waals surface area (Å²) in [6.45, 7) is 0. The van der Waals surface area contributed by atoms with Crippen molar-refractivity contribution < 1.29 is 8.78 Å². The Balaban J connectivity index is 1.37. The molecule has 178 valence electrons. The lowest BCUT2D eigenvalue weighted by Gasteiger charge is -2.19. The first-order valence-electron chi connectivity index (χ1n) is 11.2. The van der Waals surface area contributed by atoms with E-state index in [9.17, 15) is 8.78 Å². The molecule has 0 atom stereocenters. The van der Waals surface area contributed by atoms with Crippen molar-refractivity contribution >= 4 is 59.0 Å². The molecule has 0 heterocycles. The molecule has 6 heteroatoms. The lowest BCUT2D eigenvalue weighted by molar-refractivity contribution is 0.628. The van der Waals surface area contributed by atoms with Crippen LogP contribution in [0.3, 0.4) is 0 Å².